The lowest BCUT2D eigenvalue weighted by atomic mass is 9.81. The number of hydrogen-bond donors (Lipinski definition) is 4. The van der Waals surface area contributed by atoms with Crippen LogP contribution in [0.4, 0.5) is 11.4 Å². The van der Waals surface area contributed by atoms with Gasteiger partial charge in [-0.25, -0.2) is 0 Å². The minimum Gasteiger partial charge on any atom is -0.507 e. The van der Waals surface area contributed by atoms with E-state index in [9.17, 15) is 10.2 Å². The van der Waals surface area contributed by atoms with Crippen molar-refractivity contribution in [3.05, 3.63) is 45.5 Å². The van der Waals surface area contributed by atoms with E-state index in [0.717, 1.165) is 33.4 Å². The molecule has 6 N–H and O–H groups in total. The first-order valence-corrected chi connectivity index (χ1v) is 6.59. The number of aromatic hydroxyl groups is 2. The number of anilines is 2. The first-order valence-electron chi connectivity index (χ1n) is 6.59. The van der Waals surface area contributed by atoms with E-state index in [1.54, 1.807) is 12.1 Å². The molecular formula is C16H18N2O2. The molecule has 0 fully saturated rings. The zero-order valence-electron chi connectivity index (χ0n) is 11.6. The molecule has 104 valence electrons. The summed E-state index contributed by atoms with van der Waals surface area (Å²) >= 11 is 0. The Labute approximate surface area is 117 Å². The minimum atomic E-state index is 0.277. The van der Waals surface area contributed by atoms with Gasteiger partial charge in [0.1, 0.15) is 11.5 Å². The van der Waals surface area contributed by atoms with Crippen molar-refractivity contribution in [2.45, 2.75) is 26.7 Å². The molecule has 1 aliphatic rings. The highest BCUT2D eigenvalue weighted by Gasteiger charge is 2.26. The normalized spacial score (nSPS) is 12.9. The molecule has 0 aromatic heterocycles. The number of nitrogen functional groups attached to an aromatic ring is 2. The minimum absolute atomic E-state index is 0.277. The largest absolute Gasteiger partial charge is 0.507 e. The van der Waals surface area contributed by atoms with Crippen molar-refractivity contribution in [1.82, 2.24) is 0 Å². The number of fused-ring (bicyclic) bond motifs is 2. The maximum absolute atomic E-state index is 10.2. The topological polar surface area (TPSA) is 92.5 Å². The highest BCUT2D eigenvalue weighted by molar-refractivity contribution is 5.70. The maximum atomic E-state index is 10.2. The molecule has 0 atom stereocenters. The SMILES string of the molecule is Cc1cc(N)c2c(c1O)Cc1c(N)cc(C)c(O)c1C2. The fraction of sp³-hybridized carbons (Fsp3) is 0.250. The average Bonchev–Trinajstić information content (AvgIpc) is 2.41. The van der Waals surface area contributed by atoms with Crippen LogP contribution in [0.15, 0.2) is 12.1 Å². The van der Waals surface area contributed by atoms with Gasteiger partial charge in [-0.2, -0.15) is 0 Å². The highest BCUT2D eigenvalue weighted by atomic mass is 16.3. The van der Waals surface area contributed by atoms with Gasteiger partial charge in [-0.3, -0.25) is 0 Å². The predicted octanol–water partition coefficient (Wildman–Crippen LogP) is 2.37. The summed E-state index contributed by atoms with van der Waals surface area (Å²) in [6.45, 7) is 3.66. The summed E-state index contributed by atoms with van der Waals surface area (Å²) in [6.07, 6.45) is 1.00. The standard InChI is InChI=1S/C16H18N2O2/c1-7-3-13(17)9-6-12-10(5-11(9)15(7)19)14(18)4-8(2)16(12)20/h3-4,19-20H,5-6,17-18H2,1-2H3. The number of phenolic OH excluding ortho intramolecular Hbond substituents is 2. The van der Waals surface area contributed by atoms with Gasteiger partial charge in [0.05, 0.1) is 0 Å². The summed E-state index contributed by atoms with van der Waals surface area (Å²) in [5.41, 5.74) is 18.4. The molecule has 3 rings (SSSR count). The molecule has 2 aromatic carbocycles. The molecule has 0 spiro atoms. The third-order valence-electron chi connectivity index (χ3n) is 4.20. The molecule has 1 aliphatic carbocycles. The van der Waals surface area contributed by atoms with Gasteiger partial charge >= 0.3 is 0 Å². The smallest absolute Gasteiger partial charge is 0.122 e. The van der Waals surface area contributed by atoms with Crippen molar-refractivity contribution in [2.75, 3.05) is 11.5 Å². The van der Waals surface area contributed by atoms with Crippen molar-refractivity contribution in [3.8, 4) is 11.5 Å². The van der Waals surface area contributed by atoms with Gasteiger partial charge in [0.15, 0.2) is 0 Å². The summed E-state index contributed by atoms with van der Waals surface area (Å²) in [4.78, 5) is 0. The van der Waals surface area contributed by atoms with Crippen LogP contribution in [0.25, 0.3) is 0 Å². The van der Waals surface area contributed by atoms with Crippen LogP contribution in [0.2, 0.25) is 0 Å². The first-order chi connectivity index (χ1) is 9.40. The molecule has 4 heteroatoms. The predicted molar refractivity (Wildman–Crippen MR) is 80.1 cm³/mol. The quantitative estimate of drug-likeness (QED) is 0.373. The van der Waals surface area contributed by atoms with Crippen molar-refractivity contribution in [2.24, 2.45) is 0 Å². The molecule has 0 unspecified atom stereocenters. The molecule has 0 saturated carbocycles. The Hall–Kier alpha value is -2.36. The van der Waals surface area contributed by atoms with Crippen LogP contribution in [-0.4, -0.2) is 10.2 Å². The second-order valence-corrected chi connectivity index (χ2v) is 5.53. The van der Waals surface area contributed by atoms with E-state index < -0.39 is 0 Å². The number of phenols is 2. The van der Waals surface area contributed by atoms with Gasteiger partial charge in [0, 0.05) is 35.3 Å². The lowest BCUT2D eigenvalue weighted by Crippen LogP contribution is -2.13. The third-order valence-corrected chi connectivity index (χ3v) is 4.20. The Morgan fingerprint density at radius 1 is 0.750 bits per heavy atom. The molecule has 4 nitrogen and oxygen atoms in total. The Balaban J connectivity index is 2.27. The van der Waals surface area contributed by atoms with Crippen LogP contribution in [0, 0.1) is 13.8 Å². The first kappa shape index (κ1) is 12.7. The third kappa shape index (κ3) is 1.61. The van der Waals surface area contributed by atoms with E-state index >= 15 is 0 Å². The number of benzene rings is 2. The van der Waals surface area contributed by atoms with Crippen LogP contribution in [-0.2, 0) is 12.8 Å². The zero-order valence-corrected chi connectivity index (χ0v) is 11.6. The van der Waals surface area contributed by atoms with Crippen LogP contribution in [0.5, 0.6) is 11.5 Å². The Kier molecular flexibility index (Phi) is 2.57. The Bertz CT molecular complexity index is 673. The summed E-state index contributed by atoms with van der Waals surface area (Å²) in [5.74, 6) is 0.554. The second-order valence-electron chi connectivity index (χ2n) is 5.53. The molecular weight excluding hydrogens is 252 g/mol. The van der Waals surface area contributed by atoms with Gasteiger partial charge in [-0.05, 0) is 48.2 Å². The van der Waals surface area contributed by atoms with Crippen molar-refractivity contribution < 1.29 is 10.2 Å². The van der Waals surface area contributed by atoms with Crippen molar-refractivity contribution in [3.63, 3.8) is 0 Å². The van der Waals surface area contributed by atoms with Crippen LogP contribution >= 0.6 is 0 Å². The van der Waals surface area contributed by atoms with Crippen LogP contribution in [0.3, 0.4) is 0 Å². The molecule has 20 heavy (non-hydrogen) atoms. The molecule has 0 amide bonds. The number of nitrogens with two attached hydrogens (primary N) is 2. The summed E-state index contributed by atoms with van der Waals surface area (Å²) in [7, 11) is 0. The fourth-order valence-electron chi connectivity index (χ4n) is 3.04. The lowest BCUT2D eigenvalue weighted by molar-refractivity contribution is 0.457. The van der Waals surface area contributed by atoms with E-state index in [2.05, 4.69) is 0 Å². The molecule has 2 aromatic rings. The highest BCUT2D eigenvalue weighted by Crippen LogP contribution is 2.43. The maximum Gasteiger partial charge on any atom is 0.122 e. The average molecular weight is 270 g/mol. The fourth-order valence-corrected chi connectivity index (χ4v) is 3.04. The Morgan fingerprint density at radius 2 is 1.10 bits per heavy atom. The van der Waals surface area contributed by atoms with Gasteiger partial charge in [-0.15, -0.1) is 0 Å². The van der Waals surface area contributed by atoms with Gasteiger partial charge < -0.3 is 21.7 Å². The van der Waals surface area contributed by atoms with Gasteiger partial charge in [0.25, 0.3) is 0 Å². The van der Waals surface area contributed by atoms with Gasteiger partial charge in [-0.1, -0.05) is 0 Å². The molecule has 0 radical (unpaired) electrons. The van der Waals surface area contributed by atoms with E-state index in [0.29, 0.717) is 24.2 Å². The number of rotatable bonds is 0. The molecule has 0 saturated heterocycles. The lowest BCUT2D eigenvalue weighted by Gasteiger charge is -2.25. The molecule has 0 bridgehead atoms. The number of hydrogen-bond acceptors (Lipinski definition) is 4. The van der Waals surface area contributed by atoms with E-state index in [1.807, 2.05) is 13.8 Å². The van der Waals surface area contributed by atoms with Crippen molar-refractivity contribution >= 4 is 11.4 Å². The van der Waals surface area contributed by atoms with E-state index in [1.165, 1.54) is 0 Å². The van der Waals surface area contributed by atoms with Gasteiger partial charge in [0.2, 0.25) is 0 Å². The monoisotopic (exact) mass is 270 g/mol. The summed E-state index contributed by atoms with van der Waals surface area (Å²) < 4.78 is 0. The van der Waals surface area contributed by atoms with Crippen molar-refractivity contribution in [1.29, 1.82) is 0 Å². The van der Waals surface area contributed by atoms with E-state index in [-0.39, 0.29) is 11.5 Å². The van der Waals surface area contributed by atoms with Crippen LogP contribution in [0.1, 0.15) is 33.4 Å². The van der Waals surface area contributed by atoms with Crippen LogP contribution < -0.4 is 11.5 Å². The summed E-state index contributed by atoms with van der Waals surface area (Å²) in [5, 5.41) is 20.5. The molecule has 0 aliphatic heterocycles. The zero-order chi connectivity index (χ0) is 14.6. The molecule has 0 heterocycles. The summed E-state index contributed by atoms with van der Waals surface area (Å²) in [6, 6.07) is 3.55. The van der Waals surface area contributed by atoms with E-state index in [4.69, 9.17) is 11.5 Å². The Morgan fingerprint density at radius 3 is 1.45 bits per heavy atom. The number of aryl methyl sites for hydroxylation is 2. The second kappa shape index (κ2) is 4.07.